The van der Waals surface area contributed by atoms with Gasteiger partial charge in [-0.1, -0.05) is 6.07 Å². The Hall–Kier alpha value is -1.69. The lowest BCUT2D eigenvalue weighted by atomic mass is 10.0. The Morgan fingerprint density at radius 2 is 2.46 bits per heavy atom. The Bertz CT molecular complexity index is 327. The smallest absolute Gasteiger partial charge is 0.131 e. The molecule has 0 spiro atoms. The van der Waals surface area contributed by atoms with Crippen molar-refractivity contribution in [2.24, 2.45) is 0 Å². The molecular formula is C10H10N2O. The second-order valence-electron chi connectivity index (χ2n) is 2.84. The lowest BCUT2D eigenvalue weighted by Crippen LogP contribution is -2.03. The number of ketones is 1. The van der Waals surface area contributed by atoms with Crippen LogP contribution in [0.25, 0.3) is 0 Å². The molecule has 0 saturated carbocycles. The maximum absolute atomic E-state index is 10.8. The average molecular weight is 174 g/mol. The molecule has 1 rings (SSSR count). The van der Waals surface area contributed by atoms with E-state index >= 15 is 0 Å². The summed E-state index contributed by atoms with van der Waals surface area (Å²) in [5, 5.41) is 8.79. The van der Waals surface area contributed by atoms with E-state index in [-0.39, 0.29) is 12.2 Å². The number of hydrogen-bond donors (Lipinski definition) is 0. The maximum Gasteiger partial charge on any atom is 0.131 e. The summed E-state index contributed by atoms with van der Waals surface area (Å²) in [7, 11) is 0. The quantitative estimate of drug-likeness (QED) is 0.700. The number of aromatic nitrogens is 1. The fourth-order valence-electron chi connectivity index (χ4n) is 1.09. The van der Waals surface area contributed by atoms with Gasteiger partial charge in [-0.15, -0.1) is 0 Å². The minimum absolute atomic E-state index is 0.0113. The third kappa shape index (κ3) is 2.68. The van der Waals surface area contributed by atoms with Crippen LogP contribution in [0.3, 0.4) is 0 Å². The minimum atomic E-state index is -0.404. The molecule has 1 aromatic heterocycles. The molecule has 1 atom stereocenters. The molecule has 1 heterocycles. The Morgan fingerprint density at radius 3 is 2.92 bits per heavy atom. The van der Waals surface area contributed by atoms with Crippen molar-refractivity contribution < 1.29 is 4.79 Å². The van der Waals surface area contributed by atoms with Gasteiger partial charge in [-0.25, -0.2) is 0 Å². The second-order valence-corrected chi connectivity index (χ2v) is 2.84. The first-order valence-electron chi connectivity index (χ1n) is 4.04. The van der Waals surface area contributed by atoms with E-state index in [0.29, 0.717) is 5.69 Å². The second kappa shape index (κ2) is 4.36. The predicted octanol–water partition coefficient (Wildman–Crippen LogP) is 1.67. The Kier molecular flexibility index (Phi) is 3.15. The van der Waals surface area contributed by atoms with Crippen LogP contribution < -0.4 is 0 Å². The van der Waals surface area contributed by atoms with Crippen molar-refractivity contribution in [3.63, 3.8) is 0 Å². The summed E-state index contributed by atoms with van der Waals surface area (Å²) in [5.74, 6) is -0.393. The third-order valence-electron chi connectivity index (χ3n) is 1.69. The van der Waals surface area contributed by atoms with Crippen LogP contribution in [0.1, 0.15) is 25.0 Å². The molecule has 0 radical (unpaired) electrons. The summed E-state index contributed by atoms with van der Waals surface area (Å²) in [6, 6.07) is 7.42. The number of rotatable bonds is 3. The van der Waals surface area contributed by atoms with Gasteiger partial charge in [-0.05, 0) is 19.1 Å². The Morgan fingerprint density at radius 1 is 1.69 bits per heavy atom. The van der Waals surface area contributed by atoms with E-state index in [2.05, 4.69) is 11.1 Å². The van der Waals surface area contributed by atoms with Gasteiger partial charge < -0.3 is 0 Å². The number of Topliss-reactive ketones (excluding diaryl/α,β-unsaturated/α-hetero) is 1. The first-order valence-corrected chi connectivity index (χ1v) is 4.04. The molecule has 0 aliphatic heterocycles. The molecule has 0 amide bonds. The van der Waals surface area contributed by atoms with Crippen molar-refractivity contribution in [1.29, 1.82) is 5.26 Å². The van der Waals surface area contributed by atoms with E-state index in [1.165, 1.54) is 6.92 Å². The van der Waals surface area contributed by atoms with Gasteiger partial charge >= 0.3 is 0 Å². The van der Waals surface area contributed by atoms with Crippen LogP contribution in [0.5, 0.6) is 0 Å². The van der Waals surface area contributed by atoms with Gasteiger partial charge in [-0.3, -0.25) is 9.78 Å². The van der Waals surface area contributed by atoms with Gasteiger partial charge in [0.05, 0.1) is 17.7 Å². The van der Waals surface area contributed by atoms with Gasteiger partial charge in [-0.2, -0.15) is 5.26 Å². The molecule has 0 fully saturated rings. The van der Waals surface area contributed by atoms with Crippen molar-refractivity contribution in [3.8, 4) is 6.07 Å². The van der Waals surface area contributed by atoms with Crippen molar-refractivity contribution in [2.45, 2.75) is 19.3 Å². The molecule has 0 aliphatic rings. The highest BCUT2D eigenvalue weighted by molar-refractivity contribution is 5.76. The maximum atomic E-state index is 10.8. The van der Waals surface area contributed by atoms with Gasteiger partial charge in [0.15, 0.2) is 0 Å². The number of nitrogens with zero attached hydrogens (tertiary/aromatic N) is 2. The molecule has 3 heteroatoms. The number of pyridine rings is 1. The normalized spacial score (nSPS) is 11.7. The predicted molar refractivity (Wildman–Crippen MR) is 47.9 cm³/mol. The molecule has 66 valence electrons. The standard InChI is InChI=1S/C10H10N2O/c1-8(13)6-9(7-11)10-4-2-3-5-12-10/h2-5,9H,6H2,1H3. The Balaban J connectivity index is 2.80. The van der Waals surface area contributed by atoms with E-state index in [9.17, 15) is 4.79 Å². The van der Waals surface area contributed by atoms with Crippen molar-refractivity contribution in [1.82, 2.24) is 4.98 Å². The molecule has 0 aliphatic carbocycles. The number of carbonyl (C=O) groups excluding carboxylic acids is 1. The van der Waals surface area contributed by atoms with Gasteiger partial charge in [0.2, 0.25) is 0 Å². The summed E-state index contributed by atoms with van der Waals surface area (Å²) in [5.41, 5.74) is 0.667. The van der Waals surface area contributed by atoms with Crippen molar-refractivity contribution in [2.75, 3.05) is 0 Å². The number of nitriles is 1. The van der Waals surface area contributed by atoms with E-state index in [1.807, 2.05) is 6.07 Å². The summed E-state index contributed by atoms with van der Waals surface area (Å²) >= 11 is 0. The third-order valence-corrected chi connectivity index (χ3v) is 1.69. The molecule has 0 saturated heterocycles. The van der Waals surface area contributed by atoms with Gasteiger partial charge in [0.1, 0.15) is 5.78 Å². The molecule has 3 nitrogen and oxygen atoms in total. The highest BCUT2D eigenvalue weighted by atomic mass is 16.1. The highest BCUT2D eigenvalue weighted by Gasteiger charge is 2.13. The van der Waals surface area contributed by atoms with Crippen molar-refractivity contribution in [3.05, 3.63) is 30.1 Å². The summed E-state index contributed by atoms with van der Waals surface area (Å²) in [6.45, 7) is 1.48. The first-order chi connectivity index (χ1) is 6.24. The zero-order valence-electron chi connectivity index (χ0n) is 7.40. The summed E-state index contributed by atoms with van der Waals surface area (Å²) in [6.07, 6.45) is 1.87. The van der Waals surface area contributed by atoms with E-state index in [4.69, 9.17) is 5.26 Å². The molecule has 13 heavy (non-hydrogen) atoms. The SMILES string of the molecule is CC(=O)CC(C#N)c1ccccn1. The van der Waals surface area contributed by atoms with Gasteiger partial charge in [0, 0.05) is 12.6 Å². The molecular weight excluding hydrogens is 164 g/mol. The topological polar surface area (TPSA) is 53.8 Å². The van der Waals surface area contributed by atoms with Crippen LogP contribution in [0, 0.1) is 11.3 Å². The minimum Gasteiger partial charge on any atom is -0.300 e. The number of carbonyl (C=O) groups is 1. The molecule has 1 unspecified atom stereocenters. The lowest BCUT2D eigenvalue weighted by Gasteiger charge is -2.04. The first kappa shape index (κ1) is 9.40. The van der Waals surface area contributed by atoms with Gasteiger partial charge in [0.25, 0.3) is 0 Å². The van der Waals surface area contributed by atoms with Crippen LogP contribution in [0.4, 0.5) is 0 Å². The van der Waals surface area contributed by atoms with Crippen LogP contribution in [-0.2, 0) is 4.79 Å². The largest absolute Gasteiger partial charge is 0.300 e. The fourth-order valence-corrected chi connectivity index (χ4v) is 1.09. The van der Waals surface area contributed by atoms with Crippen molar-refractivity contribution >= 4 is 5.78 Å². The molecule has 0 aromatic carbocycles. The molecule has 1 aromatic rings. The average Bonchev–Trinajstić information content (AvgIpc) is 2.15. The van der Waals surface area contributed by atoms with Crippen LogP contribution in [0.2, 0.25) is 0 Å². The monoisotopic (exact) mass is 174 g/mol. The molecule has 0 N–H and O–H groups in total. The summed E-state index contributed by atoms with van der Waals surface area (Å²) in [4.78, 5) is 14.8. The number of hydrogen-bond acceptors (Lipinski definition) is 3. The Labute approximate surface area is 77.0 Å². The van der Waals surface area contributed by atoms with E-state index in [0.717, 1.165) is 0 Å². The zero-order valence-corrected chi connectivity index (χ0v) is 7.40. The van der Waals surface area contributed by atoms with Crippen LogP contribution in [0.15, 0.2) is 24.4 Å². The molecule has 0 bridgehead atoms. The van der Waals surface area contributed by atoms with Crippen LogP contribution in [-0.4, -0.2) is 10.8 Å². The lowest BCUT2D eigenvalue weighted by molar-refractivity contribution is -0.117. The zero-order chi connectivity index (χ0) is 9.68. The highest BCUT2D eigenvalue weighted by Crippen LogP contribution is 2.15. The summed E-state index contributed by atoms with van der Waals surface area (Å²) < 4.78 is 0. The fraction of sp³-hybridized carbons (Fsp3) is 0.300. The van der Waals surface area contributed by atoms with Crippen LogP contribution >= 0.6 is 0 Å². The van der Waals surface area contributed by atoms with E-state index in [1.54, 1.807) is 18.3 Å². The van der Waals surface area contributed by atoms with E-state index < -0.39 is 5.92 Å².